The van der Waals surface area contributed by atoms with Crippen molar-refractivity contribution in [2.24, 2.45) is 0 Å². The summed E-state index contributed by atoms with van der Waals surface area (Å²) in [6.45, 7) is 2.33. The molecule has 1 atom stereocenters. The lowest BCUT2D eigenvalue weighted by molar-refractivity contribution is -0.122. The molecule has 0 bridgehead atoms. The Hall–Kier alpha value is -3.24. The molecule has 1 N–H and O–H groups in total. The Bertz CT molecular complexity index is 1220. The van der Waals surface area contributed by atoms with Crippen molar-refractivity contribution in [1.82, 2.24) is 4.31 Å². The number of nitrogens with zero attached hydrogens (tertiary/aromatic N) is 2. The molecule has 0 aliphatic carbocycles. The highest BCUT2D eigenvalue weighted by Gasteiger charge is 2.38. The topological polar surface area (TPSA) is 113 Å². The maximum atomic E-state index is 13.2. The van der Waals surface area contributed by atoms with Crippen molar-refractivity contribution >= 4 is 39.2 Å². The van der Waals surface area contributed by atoms with Crippen LogP contribution >= 0.6 is 0 Å². The average Bonchev–Trinajstić information content (AvgIpc) is 3.47. The molecule has 10 heteroatoms. The van der Waals surface area contributed by atoms with E-state index in [1.807, 2.05) is 0 Å². The van der Waals surface area contributed by atoms with E-state index in [9.17, 15) is 22.8 Å². The Morgan fingerprint density at radius 1 is 1.06 bits per heavy atom. The fraction of sp³-hybridized carbons (Fsp3) is 0.348. The van der Waals surface area contributed by atoms with Crippen LogP contribution in [0.4, 0.5) is 11.4 Å². The zero-order chi connectivity index (χ0) is 23.8. The number of fused-ring (bicyclic) bond motifs is 1. The van der Waals surface area contributed by atoms with Crippen LogP contribution < -0.4 is 10.2 Å². The van der Waals surface area contributed by atoms with Gasteiger partial charge >= 0.3 is 5.97 Å². The molecule has 0 spiro atoms. The van der Waals surface area contributed by atoms with Crippen LogP contribution in [0.1, 0.15) is 35.7 Å². The zero-order valence-electron chi connectivity index (χ0n) is 18.4. The van der Waals surface area contributed by atoms with E-state index < -0.39 is 27.9 Å². The molecule has 0 radical (unpaired) electrons. The first-order chi connectivity index (χ1) is 15.7. The number of hydrogen-bond acceptors (Lipinski definition) is 6. The van der Waals surface area contributed by atoms with Gasteiger partial charge in [0.2, 0.25) is 21.8 Å². The first kappa shape index (κ1) is 22.9. The van der Waals surface area contributed by atoms with Crippen LogP contribution in [0.15, 0.2) is 47.4 Å². The standard InChI is InChI=1S/C23H25N3O6S/c1-15(27)26-20-10-9-17(33(30,31)25-11-5-6-12-25)13-16(20)14-21(26)22(28)24-19-8-4-3-7-18(19)23(29)32-2/h3-4,7-10,13,21H,5-6,11-12,14H2,1-2H3,(H,24,28). The van der Waals surface area contributed by atoms with E-state index in [-0.39, 0.29) is 28.5 Å². The Kier molecular flexibility index (Phi) is 6.22. The number of anilines is 2. The molecule has 1 fully saturated rings. The quantitative estimate of drug-likeness (QED) is 0.669. The van der Waals surface area contributed by atoms with Gasteiger partial charge in [0.1, 0.15) is 6.04 Å². The normalized spacial score (nSPS) is 18.1. The molecule has 2 amide bonds. The van der Waals surface area contributed by atoms with Crippen LogP contribution in [0, 0.1) is 0 Å². The molecule has 0 aromatic heterocycles. The molecule has 2 aliphatic rings. The van der Waals surface area contributed by atoms with Crippen molar-refractivity contribution in [2.45, 2.75) is 37.1 Å². The summed E-state index contributed by atoms with van der Waals surface area (Å²) >= 11 is 0. The molecular weight excluding hydrogens is 446 g/mol. The van der Waals surface area contributed by atoms with Crippen LogP contribution in [0.2, 0.25) is 0 Å². The highest BCUT2D eigenvalue weighted by molar-refractivity contribution is 7.89. The van der Waals surface area contributed by atoms with Crippen LogP contribution in [0.25, 0.3) is 0 Å². The molecule has 9 nitrogen and oxygen atoms in total. The van der Waals surface area contributed by atoms with E-state index in [4.69, 9.17) is 4.74 Å². The predicted octanol–water partition coefficient (Wildman–Crippen LogP) is 2.17. The summed E-state index contributed by atoms with van der Waals surface area (Å²) in [5.41, 5.74) is 1.57. The molecule has 1 saturated heterocycles. The van der Waals surface area contributed by atoms with Gasteiger partial charge in [0.25, 0.3) is 0 Å². The summed E-state index contributed by atoms with van der Waals surface area (Å²) in [5, 5.41) is 2.72. The third kappa shape index (κ3) is 4.23. The predicted molar refractivity (Wildman–Crippen MR) is 121 cm³/mol. The van der Waals surface area contributed by atoms with Crippen molar-refractivity contribution in [3.63, 3.8) is 0 Å². The van der Waals surface area contributed by atoms with E-state index in [1.165, 1.54) is 35.4 Å². The van der Waals surface area contributed by atoms with Crippen LogP contribution in [0.5, 0.6) is 0 Å². The summed E-state index contributed by atoms with van der Waals surface area (Å²) in [7, 11) is -2.37. The first-order valence-corrected chi connectivity index (χ1v) is 12.1. The zero-order valence-corrected chi connectivity index (χ0v) is 19.2. The van der Waals surface area contributed by atoms with Crippen molar-refractivity contribution in [1.29, 1.82) is 0 Å². The Labute approximate surface area is 192 Å². The number of hydrogen-bond donors (Lipinski definition) is 1. The summed E-state index contributed by atoms with van der Waals surface area (Å²) in [5.74, 6) is -1.42. The number of amides is 2. The summed E-state index contributed by atoms with van der Waals surface area (Å²) in [4.78, 5) is 39.1. The molecule has 4 rings (SSSR count). The lowest BCUT2D eigenvalue weighted by Crippen LogP contribution is -2.44. The fourth-order valence-electron chi connectivity index (χ4n) is 4.36. The number of methoxy groups -OCH3 is 1. The van der Waals surface area contributed by atoms with Gasteiger partial charge in [-0.25, -0.2) is 13.2 Å². The second-order valence-electron chi connectivity index (χ2n) is 8.04. The number of rotatable bonds is 5. The van der Waals surface area contributed by atoms with Gasteiger partial charge < -0.3 is 10.1 Å². The van der Waals surface area contributed by atoms with E-state index >= 15 is 0 Å². The SMILES string of the molecule is COC(=O)c1ccccc1NC(=O)C1Cc2cc(S(=O)(=O)N3CCCC3)ccc2N1C(C)=O. The molecule has 2 heterocycles. The summed E-state index contributed by atoms with van der Waals surface area (Å²) < 4.78 is 32.1. The third-order valence-corrected chi connectivity index (χ3v) is 7.87. The third-order valence-electron chi connectivity index (χ3n) is 5.97. The van der Waals surface area contributed by atoms with Crippen LogP contribution in [0.3, 0.4) is 0 Å². The number of benzene rings is 2. The lowest BCUT2D eigenvalue weighted by Gasteiger charge is -2.24. The molecular formula is C23H25N3O6S. The monoisotopic (exact) mass is 471 g/mol. The van der Waals surface area contributed by atoms with E-state index in [2.05, 4.69) is 5.32 Å². The Morgan fingerprint density at radius 2 is 1.76 bits per heavy atom. The van der Waals surface area contributed by atoms with E-state index in [0.717, 1.165) is 12.8 Å². The van der Waals surface area contributed by atoms with E-state index in [1.54, 1.807) is 30.3 Å². The number of sulfonamides is 1. The molecule has 1 unspecified atom stereocenters. The second-order valence-corrected chi connectivity index (χ2v) is 9.98. The van der Waals surface area contributed by atoms with Crippen LogP contribution in [-0.2, 0) is 30.8 Å². The highest BCUT2D eigenvalue weighted by Crippen LogP contribution is 2.36. The van der Waals surface area contributed by atoms with Crippen molar-refractivity contribution in [3.8, 4) is 0 Å². The molecule has 2 aromatic rings. The minimum Gasteiger partial charge on any atom is -0.465 e. The minimum atomic E-state index is -3.62. The average molecular weight is 472 g/mol. The summed E-state index contributed by atoms with van der Waals surface area (Å²) in [6, 6.07) is 10.2. The molecule has 0 saturated carbocycles. The number of para-hydroxylation sites is 1. The summed E-state index contributed by atoms with van der Waals surface area (Å²) in [6.07, 6.45) is 1.82. The van der Waals surface area contributed by atoms with Gasteiger partial charge in [-0.2, -0.15) is 4.31 Å². The van der Waals surface area contributed by atoms with Crippen molar-refractivity contribution < 1.29 is 27.5 Å². The van der Waals surface area contributed by atoms with Gasteiger partial charge in [-0.3, -0.25) is 14.5 Å². The van der Waals surface area contributed by atoms with Crippen molar-refractivity contribution in [2.75, 3.05) is 30.4 Å². The van der Waals surface area contributed by atoms with E-state index in [0.29, 0.717) is 24.3 Å². The number of nitrogens with one attached hydrogen (secondary N) is 1. The molecule has 2 aromatic carbocycles. The van der Waals surface area contributed by atoms with Gasteiger partial charge in [0.05, 0.1) is 23.3 Å². The van der Waals surface area contributed by atoms with Gasteiger partial charge in [0, 0.05) is 32.1 Å². The highest BCUT2D eigenvalue weighted by atomic mass is 32.2. The Balaban J connectivity index is 1.63. The number of ether oxygens (including phenoxy) is 1. The number of carbonyl (C=O) groups excluding carboxylic acids is 3. The molecule has 174 valence electrons. The number of carbonyl (C=O) groups is 3. The largest absolute Gasteiger partial charge is 0.465 e. The van der Waals surface area contributed by atoms with Crippen molar-refractivity contribution in [3.05, 3.63) is 53.6 Å². The maximum absolute atomic E-state index is 13.2. The smallest absolute Gasteiger partial charge is 0.339 e. The number of esters is 1. The first-order valence-electron chi connectivity index (χ1n) is 10.6. The van der Waals surface area contributed by atoms with Crippen LogP contribution in [-0.4, -0.2) is 56.7 Å². The molecule has 33 heavy (non-hydrogen) atoms. The Morgan fingerprint density at radius 3 is 2.42 bits per heavy atom. The fourth-order valence-corrected chi connectivity index (χ4v) is 5.93. The van der Waals surface area contributed by atoms with Gasteiger partial charge in [-0.05, 0) is 48.7 Å². The maximum Gasteiger partial charge on any atom is 0.339 e. The lowest BCUT2D eigenvalue weighted by atomic mass is 10.1. The van der Waals surface area contributed by atoms with Gasteiger partial charge in [-0.15, -0.1) is 0 Å². The molecule has 2 aliphatic heterocycles. The van der Waals surface area contributed by atoms with Gasteiger partial charge in [0.15, 0.2) is 0 Å². The van der Waals surface area contributed by atoms with Gasteiger partial charge in [-0.1, -0.05) is 12.1 Å². The minimum absolute atomic E-state index is 0.156. The second kappa shape index (κ2) is 8.95.